The topological polar surface area (TPSA) is 87.0 Å². The third-order valence-electron chi connectivity index (χ3n) is 4.12. The maximum Gasteiger partial charge on any atom is 0.243 e. The van der Waals surface area contributed by atoms with Crippen LogP contribution in [0.5, 0.6) is 0 Å². The van der Waals surface area contributed by atoms with Gasteiger partial charge in [-0.05, 0) is 12.8 Å². The Kier molecular flexibility index (Phi) is 3.75. The van der Waals surface area contributed by atoms with Gasteiger partial charge >= 0.3 is 0 Å². The Labute approximate surface area is 138 Å². The quantitative estimate of drug-likeness (QED) is 0.743. The predicted octanol–water partition coefficient (Wildman–Crippen LogP) is 1.88. The normalized spacial score (nSPS) is 17.8. The van der Waals surface area contributed by atoms with E-state index in [9.17, 15) is 4.39 Å². The maximum absolute atomic E-state index is 13.8. The number of nitrogens with zero attached hydrogens (tertiary/aromatic N) is 6. The van der Waals surface area contributed by atoms with Crippen molar-refractivity contribution in [2.24, 2.45) is 0 Å². The maximum atomic E-state index is 13.8. The lowest BCUT2D eigenvalue weighted by Crippen LogP contribution is -2.22. The van der Waals surface area contributed by atoms with Crippen LogP contribution >= 0.6 is 0 Å². The molecule has 2 N–H and O–H groups in total. The molecule has 1 saturated heterocycles. The number of hydrogen-bond donors (Lipinski definition) is 2. The Bertz CT molecular complexity index is 827. The van der Waals surface area contributed by atoms with Crippen LogP contribution in [0.25, 0.3) is 16.9 Å². The van der Waals surface area contributed by atoms with Crippen molar-refractivity contribution in [1.82, 2.24) is 29.8 Å². The highest BCUT2D eigenvalue weighted by molar-refractivity contribution is 5.85. The Balaban J connectivity index is 1.85. The van der Waals surface area contributed by atoms with Gasteiger partial charge in [-0.1, -0.05) is 6.92 Å². The molecule has 0 saturated carbocycles. The largest absolute Gasteiger partial charge is 0.364 e. The molecule has 0 spiro atoms. The highest BCUT2D eigenvalue weighted by atomic mass is 19.1. The van der Waals surface area contributed by atoms with Gasteiger partial charge in [0.05, 0.1) is 6.20 Å². The summed E-state index contributed by atoms with van der Waals surface area (Å²) in [6, 6.07) is 0. The lowest BCUT2D eigenvalue weighted by atomic mass is 10.2. The molecule has 8 nitrogen and oxygen atoms in total. The molecule has 1 fully saturated rings. The van der Waals surface area contributed by atoms with Gasteiger partial charge in [0.25, 0.3) is 0 Å². The van der Waals surface area contributed by atoms with E-state index in [1.54, 1.807) is 23.2 Å². The average Bonchev–Trinajstić information content (AvgIpc) is 3.31. The van der Waals surface area contributed by atoms with Crippen LogP contribution in [0.2, 0.25) is 0 Å². The van der Waals surface area contributed by atoms with E-state index in [-0.39, 0.29) is 0 Å². The van der Waals surface area contributed by atoms with E-state index >= 15 is 0 Å². The number of alkyl halides is 1. The third kappa shape index (κ3) is 2.55. The van der Waals surface area contributed by atoms with E-state index in [0.29, 0.717) is 31.1 Å². The van der Waals surface area contributed by atoms with Crippen molar-refractivity contribution < 1.29 is 4.39 Å². The van der Waals surface area contributed by atoms with E-state index in [2.05, 4.69) is 37.5 Å². The number of fused-ring (bicyclic) bond motifs is 1. The molecule has 1 aliphatic heterocycles. The molecular weight excluding hydrogens is 311 g/mol. The van der Waals surface area contributed by atoms with Crippen molar-refractivity contribution in [3.8, 4) is 11.3 Å². The summed E-state index contributed by atoms with van der Waals surface area (Å²) >= 11 is 0. The summed E-state index contributed by atoms with van der Waals surface area (Å²) in [5.74, 6) is 0.556. The van der Waals surface area contributed by atoms with Crippen molar-refractivity contribution >= 4 is 17.3 Å². The first-order valence-electron chi connectivity index (χ1n) is 8.13. The molecule has 3 aromatic rings. The number of anilines is 2. The Hall–Kier alpha value is -2.71. The molecule has 0 bridgehead atoms. The summed E-state index contributed by atoms with van der Waals surface area (Å²) in [5.41, 5.74) is 3.06. The van der Waals surface area contributed by atoms with Crippen LogP contribution in [0.4, 0.5) is 16.0 Å². The molecule has 0 aliphatic carbocycles. The Morgan fingerprint density at radius 3 is 3.08 bits per heavy atom. The molecule has 1 unspecified atom stereocenters. The van der Waals surface area contributed by atoms with E-state index < -0.39 is 6.17 Å². The van der Waals surface area contributed by atoms with Crippen molar-refractivity contribution in [3.05, 3.63) is 18.7 Å². The standard InChI is InChI=1S/C15H19FN8/c1-2-4-17-15-21-14-13(23-5-3-11(16)8-23)12(10-6-19-20-7-10)18-9-24(14)22-15/h6-7,9,11H,2-5,8H2,1H3,(H,17,22)(H,19,20). The molecule has 4 rings (SSSR count). The number of hydrogen-bond acceptors (Lipinski definition) is 6. The smallest absolute Gasteiger partial charge is 0.243 e. The van der Waals surface area contributed by atoms with Crippen LogP contribution in [0.15, 0.2) is 18.7 Å². The molecule has 1 atom stereocenters. The average molecular weight is 330 g/mol. The summed E-state index contributed by atoms with van der Waals surface area (Å²) in [5, 5.41) is 14.4. The molecular formula is C15H19FN8. The van der Waals surface area contributed by atoms with Gasteiger partial charge in [-0.2, -0.15) is 14.6 Å². The fraction of sp³-hybridized carbons (Fsp3) is 0.467. The first-order valence-corrected chi connectivity index (χ1v) is 8.13. The van der Waals surface area contributed by atoms with Crippen molar-refractivity contribution in [2.45, 2.75) is 25.9 Å². The summed E-state index contributed by atoms with van der Waals surface area (Å²) in [4.78, 5) is 11.1. The molecule has 0 amide bonds. The van der Waals surface area contributed by atoms with Crippen LogP contribution in [0, 0.1) is 0 Å². The van der Waals surface area contributed by atoms with Crippen molar-refractivity contribution in [2.75, 3.05) is 29.9 Å². The Morgan fingerprint density at radius 2 is 2.38 bits per heavy atom. The number of rotatable bonds is 5. The zero-order chi connectivity index (χ0) is 16.5. The first-order chi connectivity index (χ1) is 11.8. The lowest BCUT2D eigenvalue weighted by Gasteiger charge is -2.20. The van der Waals surface area contributed by atoms with E-state index in [1.165, 1.54) is 0 Å². The predicted molar refractivity (Wildman–Crippen MR) is 88.9 cm³/mol. The second-order valence-electron chi connectivity index (χ2n) is 5.89. The zero-order valence-corrected chi connectivity index (χ0v) is 13.4. The number of nitrogens with one attached hydrogen (secondary N) is 2. The SMILES string of the molecule is CCCNc1nc2c(N3CCC(F)C3)c(-c3cn[nH]c3)ncn2n1. The van der Waals surface area contributed by atoms with Crippen LogP contribution in [0.1, 0.15) is 19.8 Å². The molecule has 4 heterocycles. The van der Waals surface area contributed by atoms with Crippen LogP contribution in [-0.4, -0.2) is 55.6 Å². The van der Waals surface area contributed by atoms with Gasteiger partial charge in [0.2, 0.25) is 5.95 Å². The molecule has 24 heavy (non-hydrogen) atoms. The van der Waals surface area contributed by atoms with Gasteiger partial charge in [0.1, 0.15) is 23.9 Å². The molecule has 9 heteroatoms. The molecule has 3 aromatic heterocycles. The van der Waals surface area contributed by atoms with Gasteiger partial charge in [-0.25, -0.2) is 9.37 Å². The third-order valence-corrected chi connectivity index (χ3v) is 4.12. The highest BCUT2D eigenvalue weighted by Gasteiger charge is 2.28. The highest BCUT2D eigenvalue weighted by Crippen LogP contribution is 2.34. The summed E-state index contributed by atoms with van der Waals surface area (Å²) in [7, 11) is 0. The van der Waals surface area contributed by atoms with Crippen LogP contribution in [0.3, 0.4) is 0 Å². The minimum Gasteiger partial charge on any atom is -0.364 e. The minimum atomic E-state index is -0.830. The Morgan fingerprint density at radius 1 is 1.46 bits per heavy atom. The fourth-order valence-electron chi connectivity index (χ4n) is 2.96. The van der Waals surface area contributed by atoms with Crippen LogP contribution < -0.4 is 10.2 Å². The van der Waals surface area contributed by atoms with Gasteiger partial charge in [0.15, 0.2) is 5.65 Å². The molecule has 0 radical (unpaired) electrons. The van der Waals surface area contributed by atoms with Crippen molar-refractivity contribution in [3.63, 3.8) is 0 Å². The zero-order valence-electron chi connectivity index (χ0n) is 13.4. The first kappa shape index (κ1) is 14.9. The summed E-state index contributed by atoms with van der Waals surface area (Å²) < 4.78 is 15.4. The number of aromatic nitrogens is 6. The second-order valence-corrected chi connectivity index (χ2v) is 5.89. The van der Waals surface area contributed by atoms with E-state index in [4.69, 9.17) is 0 Å². The molecule has 1 aliphatic rings. The van der Waals surface area contributed by atoms with Gasteiger partial charge in [-0.3, -0.25) is 5.10 Å². The van der Waals surface area contributed by atoms with E-state index in [1.807, 2.05) is 4.90 Å². The number of H-pyrrole nitrogens is 1. The van der Waals surface area contributed by atoms with Crippen molar-refractivity contribution in [1.29, 1.82) is 0 Å². The van der Waals surface area contributed by atoms with E-state index in [0.717, 1.165) is 29.9 Å². The number of halogens is 1. The molecule has 126 valence electrons. The minimum absolute atomic E-state index is 0.344. The fourth-order valence-corrected chi connectivity index (χ4v) is 2.96. The van der Waals surface area contributed by atoms with Gasteiger partial charge in [0, 0.05) is 31.4 Å². The monoisotopic (exact) mass is 330 g/mol. The molecule has 0 aromatic carbocycles. The summed E-state index contributed by atoms with van der Waals surface area (Å²) in [6.45, 7) is 3.86. The second kappa shape index (κ2) is 6.06. The number of aromatic amines is 1. The van der Waals surface area contributed by atoms with Gasteiger partial charge < -0.3 is 10.2 Å². The summed E-state index contributed by atoms with van der Waals surface area (Å²) in [6.07, 6.45) is 5.78. The lowest BCUT2D eigenvalue weighted by molar-refractivity contribution is 0.364. The van der Waals surface area contributed by atoms with Gasteiger partial charge in [-0.15, -0.1) is 5.10 Å². The van der Waals surface area contributed by atoms with Crippen LogP contribution in [-0.2, 0) is 0 Å².